The molecule has 0 bridgehead atoms. The lowest BCUT2D eigenvalue weighted by molar-refractivity contribution is -0.163. The monoisotopic (exact) mass is 303 g/mol. The first-order valence-electron chi connectivity index (χ1n) is 6.96. The van der Waals surface area contributed by atoms with Crippen LogP contribution < -0.4 is 0 Å². The Morgan fingerprint density at radius 1 is 1.09 bits per heavy atom. The van der Waals surface area contributed by atoms with E-state index >= 15 is 0 Å². The number of aliphatic hydroxyl groups excluding tert-OH is 1. The van der Waals surface area contributed by atoms with Crippen molar-refractivity contribution in [3.63, 3.8) is 0 Å². The molecule has 0 aromatic heterocycles. The van der Waals surface area contributed by atoms with Gasteiger partial charge in [0.1, 0.15) is 0 Å². The summed E-state index contributed by atoms with van der Waals surface area (Å²) in [7, 11) is 0. The second-order valence-electron chi connectivity index (χ2n) is 5.37. The average molecular weight is 303 g/mol. The highest BCUT2D eigenvalue weighted by atomic mass is 19.3. The fourth-order valence-electron chi connectivity index (χ4n) is 2.67. The van der Waals surface area contributed by atoms with Gasteiger partial charge in [0, 0.05) is 18.7 Å². The van der Waals surface area contributed by atoms with Gasteiger partial charge in [0.15, 0.2) is 0 Å². The normalized spacial score (nSPS) is 16.5. The zero-order valence-corrected chi connectivity index (χ0v) is 11.8. The van der Waals surface area contributed by atoms with Gasteiger partial charge in [-0.1, -0.05) is 42.5 Å². The summed E-state index contributed by atoms with van der Waals surface area (Å²) in [6.45, 7) is -0.0356. The third-order valence-corrected chi connectivity index (χ3v) is 3.83. The van der Waals surface area contributed by atoms with Gasteiger partial charge >= 0.3 is 5.92 Å². The van der Waals surface area contributed by atoms with Crippen molar-refractivity contribution >= 4 is 5.91 Å². The van der Waals surface area contributed by atoms with Gasteiger partial charge in [-0.3, -0.25) is 4.79 Å². The van der Waals surface area contributed by atoms with Crippen LogP contribution in [0.15, 0.2) is 48.5 Å². The van der Waals surface area contributed by atoms with Crippen LogP contribution in [-0.2, 0) is 30.4 Å². The van der Waals surface area contributed by atoms with Gasteiger partial charge in [0.2, 0.25) is 0 Å². The van der Waals surface area contributed by atoms with Crippen LogP contribution in [0, 0.1) is 0 Å². The van der Waals surface area contributed by atoms with Crippen LogP contribution in [0.3, 0.4) is 0 Å². The number of fused-ring (bicyclic) bond motifs is 1. The number of carbonyl (C=O) groups excluding carboxylic acids is 1. The molecule has 3 rings (SSSR count). The molecule has 1 heterocycles. The van der Waals surface area contributed by atoms with Crippen molar-refractivity contribution in [1.82, 2.24) is 4.90 Å². The maximum Gasteiger partial charge on any atom is 0.350 e. The van der Waals surface area contributed by atoms with Gasteiger partial charge < -0.3 is 10.0 Å². The molecule has 1 aliphatic rings. The van der Waals surface area contributed by atoms with Crippen LogP contribution in [0.5, 0.6) is 0 Å². The van der Waals surface area contributed by atoms with E-state index in [0.29, 0.717) is 11.1 Å². The Hall–Kier alpha value is -2.27. The predicted octanol–water partition coefficient (Wildman–Crippen LogP) is 2.81. The third kappa shape index (κ3) is 2.48. The largest absolute Gasteiger partial charge is 0.392 e. The molecule has 0 radical (unpaired) electrons. The molecule has 0 aliphatic carbocycles. The minimum absolute atomic E-state index is 0.143. The number of halogens is 2. The first-order valence-corrected chi connectivity index (χ1v) is 6.96. The van der Waals surface area contributed by atoms with E-state index in [9.17, 15) is 13.6 Å². The number of nitrogens with zero attached hydrogens (tertiary/aromatic N) is 1. The van der Waals surface area contributed by atoms with Gasteiger partial charge in [0.25, 0.3) is 5.91 Å². The zero-order valence-electron chi connectivity index (χ0n) is 11.8. The molecule has 2 aromatic carbocycles. The molecule has 114 valence electrons. The van der Waals surface area contributed by atoms with Crippen molar-refractivity contribution in [2.24, 2.45) is 0 Å². The summed E-state index contributed by atoms with van der Waals surface area (Å²) < 4.78 is 28.8. The molecule has 0 fully saturated rings. The Bertz CT molecular complexity index is 701. The van der Waals surface area contributed by atoms with Gasteiger partial charge in [-0.25, -0.2) is 0 Å². The Morgan fingerprint density at radius 3 is 2.50 bits per heavy atom. The van der Waals surface area contributed by atoms with Crippen LogP contribution in [-0.4, -0.2) is 15.9 Å². The van der Waals surface area contributed by atoms with Crippen LogP contribution in [0.25, 0.3) is 0 Å². The lowest BCUT2D eigenvalue weighted by Crippen LogP contribution is -2.45. The molecule has 5 heteroatoms. The fraction of sp³-hybridized carbons (Fsp3) is 0.235. The van der Waals surface area contributed by atoms with Crippen molar-refractivity contribution in [3.05, 3.63) is 70.8 Å². The lowest BCUT2D eigenvalue weighted by Gasteiger charge is -2.34. The number of hydrogen-bond donors (Lipinski definition) is 1. The van der Waals surface area contributed by atoms with E-state index in [1.54, 1.807) is 24.3 Å². The number of carbonyl (C=O) groups is 1. The molecular weight excluding hydrogens is 288 g/mol. The van der Waals surface area contributed by atoms with Crippen molar-refractivity contribution < 1.29 is 18.7 Å². The van der Waals surface area contributed by atoms with Gasteiger partial charge in [0.05, 0.1) is 6.61 Å². The van der Waals surface area contributed by atoms with Crippen LogP contribution >= 0.6 is 0 Å². The second-order valence-corrected chi connectivity index (χ2v) is 5.37. The Labute approximate surface area is 126 Å². The molecule has 22 heavy (non-hydrogen) atoms. The van der Waals surface area contributed by atoms with E-state index in [-0.39, 0.29) is 25.3 Å². The maximum absolute atomic E-state index is 14.4. The van der Waals surface area contributed by atoms with Crippen LogP contribution in [0.4, 0.5) is 8.78 Å². The number of alkyl halides is 2. The van der Waals surface area contributed by atoms with Crippen molar-refractivity contribution in [1.29, 1.82) is 0 Å². The van der Waals surface area contributed by atoms with E-state index in [0.717, 1.165) is 10.5 Å². The molecule has 0 saturated heterocycles. The van der Waals surface area contributed by atoms with E-state index in [4.69, 9.17) is 5.11 Å². The molecule has 3 nitrogen and oxygen atoms in total. The van der Waals surface area contributed by atoms with Gasteiger partial charge in [-0.2, -0.15) is 8.78 Å². The summed E-state index contributed by atoms with van der Waals surface area (Å²) in [5.41, 5.74) is 1.30. The summed E-state index contributed by atoms with van der Waals surface area (Å²) in [5, 5.41) is 9.08. The molecule has 1 N–H and O–H groups in total. The van der Waals surface area contributed by atoms with E-state index < -0.39 is 11.8 Å². The highest BCUT2D eigenvalue weighted by molar-refractivity contribution is 5.87. The standard InChI is InChI=1S/C17H15F2NO2/c18-17(19)15-8-13(11-21)6-7-14(15)10-20(16(17)22)9-12-4-2-1-3-5-12/h1-8,21H,9-11H2. The number of amides is 1. The highest BCUT2D eigenvalue weighted by Gasteiger charge is 2.48. The van der Waals surface area contributed by atoms with E-state index in [1.165, 1.54) is 6.07 Å². The van der Waals surface area contributed by atoms with Gasteiger partial charge in [-0.05, 0) is 22.8 Å². The first-order chi connectivity index (χ1) is 10.5. The van der Waals surface area contributed by atoms with E-state index in [1.807, 2.05) is 18.2 Å². The molecule has 0 spiro atoms. The Balaban J connectivity index is 1.95. The Kier molecular flexibility index (Phi) is 3.66. The number of hydrogen-bond acceptors (Lipinski definition) is 2. The summed E-state index contributed by atoms with van der Waals surface area (Å²) in [6, 6.07) is 13.4. The maximum atomic E-state index is 14.4. The van der Waals surface area contributed by atoms with Crippen LogP contribution in [0.2, 0.25) is 0 Å². The molecule has 2 aromatic rings. The zero-order chi connectivity index (χ0) is 15.7. The Morgan fingerprint density at radius 2 is 1.82 bits per heavy atom. The topological polar surface area (TPSA) is 40.5 Å². The van der Waals surface area contributed by atoms with Crippen molar-refractivity contribution in [2.45, 2.75) is 25.6 Å². The number of rotatable bonds is 3. The predicted molar refractivity (Wildman–Crippen MR) is 77.0 cm³/mol. The third-order valence-electron chi connectivity index (χ3n) is 3.83. The molecule has 0 atom stereocenters. The first kappa shape index (κ1) is 14.7. The molecule has 1 aliphatic heterocycles. The SMILES string of the molecule is O=C1N(Cc2ccccc2)Cc2ccc(CO)cc2C1(F)F. The lowest BCUT2D eigenvalue weighted by atomic mass is 9.93. The highest BCUT2D eigenvalue weighted by Crippen LogP contribution is 2.38. The minimum Gasteiger partial charge on any atom is -0.392 e. The minimum atomic E-state index is -3.56. The van der Waals surface area contributed by atoms with Crippen LogP contribution in [0.1, 0.15) is 22.3 Å². The molecule has 0 saturated carbocycles. The molecular formula is C17H15F2NO2. The quantitative estimate of drug-likeness (QED) is 0.947. The summed E-state index contributed by atoms with van der Waals surface area (Å²) in [6.07, 6.45) is 0. The number of benzene rings is 2. The summed E-state index contributed by atoms with van der Waals surface area (Å²) >= 11 is 0. The van der Waals surface area contributed by atoms with Gasteiger partial charge in [-0.15, -0.1) is 0 Å². The summed E-state index contributed by atoms with van der Waals surface area (Å²) in [5.74, 6) is -4.76. The second kappa shape index (κ2) is 5.50. The molecule has 1 amide bonds. The molecule has 0 unspecified atom stereocenters. The van der Waals surface area contributed by atoms with Crippen molar-refractivity contribution in [3.8, 4) is 0 Å². The average Bonchev–Trinajstić information content (AvgIpc) is 2.53. The smallest absolute Gasteiger partial charge is 0.350 e. The van der Waals surface area contributed by atoms with E-state index in [2.05, 4.69) is 0 Å². The number of aliphatic hydroxyl groups is 1. The van der Waals surface area contributed by atoms with Crippen molar-refractivity contribution in [2.75, 3.05) is 0 Å². The fourth-order valence-corrected chi connectivity index (χ4v) is 2.67. The summed E-state index contributed by atoms with van der Waals surface area (Å²) in [4.78, 5) is 13.3.